The van der Waals surface area contributed by atoms with Crippen LogP contribution in [0.1, 0.15) is 38.4 Å². The van der Waals surface area contributed by atoms with E-state index in [1.54, 1.807) is 12.1 Å². The van der Waals surface area contributed by atoms with E-state index in [1.807, 2.05) is 0 Å². The van der Waals surface area contributed by atoms with Gasteiger partial charge in [0, 0.05) is 17.1 Å². The first-order chi connectivity index (χ1) is 7.91. The lowest BCUT2D eigenvalue weighted by Crippen LogP contribution is -2.40. The van der Waals surface area contributed by atoms with Crippen molar-refractivity contribution in [1.82, 2.24) is 5.32 Å². The maximum absolute atomic E-state index is 13.8. The highest BCUT2D eigenvalue weighted by atomic mass is 19.1. The highest BCUT2D eigenvalue weighted by Gasteiger charge is 2.35. The Balaban J connectivity index is 2.20. The van der Waals surface area contributed by atoms with Crippen LogP contribution in [0.3, 0.4) is 0 Å². The van der Waals surface area contributed by atoms with Gasteiger partial charge in [-0.15, -0.1) is 0 Å². The van der Waals surface area contributed by atoms with E-state index in [4.69, 9.17) is 5.73 Å². The van der Waals surface area contributed by atoms with Crippen molar-refractivity contribution in [1.29, 1.82) is 0 Å². The van der Waals surface area contributed by atoms with Crippen LogP contribution in [0, 0.1) is 5.82 Å². The number of nitrogen functional groups attached to an aromatic ring is 1. The molecule has 1 saturated heterocycles. The fourth-order valence-electron chi connectivity index (χ4n) is 2.41. The zero-order valence-electron chi connectivity index (χ0n) is 10.2. The van der Waals surface area contributed by atoms with Crippen molar-refractivity contribution in [2.24, 2.45) is 0 Å². The topological polar surface area (TPSA) is 58.3 Å². The molecule has 0 aromatic heterocycles. The molecule has 0 radical (unpaired) electrons. The number of halogens is 1. The summed E-state index contributed by atoms with van der Waals surface area (Å²) in [6.07, 6.45) is 0.960. The van der Waals surface area contributed by atoms with Crippen molar-refractivity contribution < 1.29 is 9.50 Å². The molecule has 17 heavy (non-hydrogen) atoms. The molecule has 1 aromatic carbocycles. The molecule has 0 spiro atoms. The minimum atomic E-state index is -0.847. The second-order valence-electron chi connectivity index (χ2n) is 5.37. The van der Waals surface area contributed by atoms with Gasteiger partial charge in [-0.2, -0.15) is 0 Å². The van der Waals surface area contributed by atoms with Gasteiger partial charge < -0.3 is 16.2 Å². The van der Waals surface area contributed by atoms with Crippen LogP contribution in [0.25, 0.3) is 0 Å². The van der Waals surface area contributed by atoms with Gasteiger partial charge in [-0.1, -0.05) is 12.1 Å². The highest BCUT2D eigenvalue weighted by Crippen LogP contribution is 2.32. The van der Waals surface area contributed by atoms with Crippen LogP contribution in [-0.4, -0.2) is 16.7 Å². The highest BCUT2D eigenvalue weighted by molar-refractivity contribution is 5.44. The second-order valence-corrected chi connectivity index (χ2v) is 5.37. The summed E-state index contributed by atoms with van der Waals surface area (Å²) in [5.74, 6) is -0.508. The number of anilines is 1. The summed E-state index contributed by atoms with van der Waals surface area (Å²) in [7, 11) is 0. The van der Waals surface area contributed by atoms with Crippen LogP contribution < -0.4 is 11.1 Å². The zero-order valence-corrected chi connectivity index (χ0v) is 10.2. The summed E-state index contributed by atoms with van der Waals surface area (Å²) in [5.41, 5.74) is 5.87. The van der Waals surface area contributed by atoms with E-state index >= 15 is 0 Å². The Bertz CT molecular complexity index is 420. The van der Waals surface area contributed by atoms with Crippen LogP contribution in [0.2, 0.25) is 0 Å². The summed E-state index contributed by atoms with van der Waals surface area (Å²) in [6, 6.07) is 4.64. The van der Waals surface area contributed by atoms with Crippen molar-refractivity contribution in [3.63, 3.8) is 0 Å². The molecule has 0 aliphatic carbocycles. The number of aliphatic hydroxyl groups excluding tert-OH is 1. The molecule has 1 aliphatic heterocycles. The molecule has 0 amide bonds. The number of nitrogens with one attached hydrogen (secondary N) is 1. The first kappa shape index (κ1) is 12.3. The standard InChI is InChI=1S/C13H19FN2O/c1-13(2)7-6-10(16-13)12(17)8-4-3-5-9(15)11(8)14/h3-5,10,12,16-17H,6-7,15H2,1-2H3/t10-,12+/m1/s1. The first-order valence-corrected chi connectivity index (χ1v) is 5.90. The van der Waals surface area contributed by atoms with Crippen LogP contribution in [0.15, 0.2) is 18.2 Å². The lowest BCUT2D eigenvalue weighted by atomic mass is 9.99. The number of aliphatic hydroxyl groups is 1. The van der Waals surface area contributed by atoms with Gasteiger partial charge in [-0.05, 0) is 32.8 Å². The molecule has 4 heteroatoms. The lowest BCUT2D eigenvalue weighted by Gasteiger charge is -2.24. The molecule has 94 valence electrons. The maximum atomic E-state index is 13.8. The van der Waals surface area contributed by atoms with Gasteiger partial charge in [0.25, 0.3) is 0 Å². The van der Waals surface area contributed by atoms with Gasteiger partial charge in [0.15, 0.2) is 5.82 Å². The first-order valence-electron chi connectivity index (χ1n) is 5.90. The third-order valence-corrected chi connectivity index (χ3v) is 3.41. The maximum Gasteiger partial charge on any atom is 0.151 e. The molecule has 2 atom stereocenters. The van der Waals surface area contributed by atoms with Crippen LogP contribution in [0.5, 0.6) is 0 Å². The Hall–Kier alpha value is -1.13. The Kier molecular flexibility index (Phi) is 3.10. The van der Waals surface area contributed by atoms with Gasteiger partial charge in [-0.25, -0.2) is 4.39 Å². The Morgan fingerprint density at radius 2 is 2.24 bits per heavy atom. The third-order valence-electron chi connectivity index (χ3n) is 3.41. The summed E-state index contributed by atoms with van der Waals surface area (Å²) < 4.78 is 13.8. The van der Waals surface area contributed by atoms with E-state index in [-0.39, 0.29) is 22.8 Å². The van der Waals surface area contributed by atoms with Crippen molar-refractivity contribution >= 4 is 5.69 Å². The SMILES string of the molecule is CC1(C)CC[C@H]([C@@H](O)c2cccc(N)c2F)N1. The predicted octanol–water partition coefficient (Wildman–Crippen LogP) is 1.97. The van der Waals surface area contributed by atoms with E-state index in [9.17, 15) is 9.50 Å². The van der Waals surface area contributed by atoms with Gasteiger partial charge in [-0.3, -0.25) is 0 Å². The van der Waals surface area contributed by atoms with Gasteiger partial charge in [0.1, 0.15) is 0 Å². The smallest absolute Gasteiger partial charge is 0.151 e. The minimum Gasteiger partial charge on any atom is -0.396 e. The monoisotopic (exact) mass is 238 g/mol. The normalized spacial score (nSPS) is 24.8. The fraction of sp³-hybridized carbons (Fsp3) is 0.538. The van der Waals surface area contributed by atoms with Crippen molar-refractivity contribution in [2.75, 3.05) is 5.73 Å². The number of hydrogen-bond donors (Lipinski definition) is 3. The molecule has 0 bridgehead atoms. The molecule has 0 saturated carbocycles. The van der Waals surface area contributed by atoms with E-state index in [2.05, 4.69) is 19.2 Å². The summed E-state index contributed by atoms with van der Waals surface area (Å²) in [4.78, 5) is 0. The number of rotatable bonds is 2. The summed E-state index contributed by atoms with van der Waals surface area (Å²) in [5, 5.41) is 13.5. The fourth-order valence-corrected chi connectivity index (χ4v) is 2.41. The van der Waals surface area contributed by atoms with Crippen LogP contribution in [0.4, 0.5) is 10.1 Å². The number of nitrogens with two attached hydrogens (primary N) is 1. The van der Waals surface area contributed by atoms with E-state index < -0.39 is 11.9 Å². The molecule has 1 fully saturated rings. The molecule has 2 rings (SSSR count). The molecule has 3 nitrogen and oxygen atoms in total. The number of benzene rings is 1. The summed E-state index contributed by atoms with van der Waals surface area (Å²) >= 11 is 0. The molecule has 1 heterocycles. The average molecular weight is 238 g/mol. The minimum absolute atomic E-state index is 0.00243. The number of hydrogen-bond acceptors (Lipinski definition) is 3. The molecule has 4 N–H and O–H groups in total. The van der Waals surface area contributed by atoms with Crippen molar-refractivity contribution in [3.8, 4) is 0 Å². The van der Waals surface area contributed by atoms with E-state index in [0.717, 1.165) is 12.8 Å². The van der Waals surface area contributed by atoms with Gasteiger partial charge in [0.05, 0.1) is 11.8 Å². The van der Waals surface area contributed by atoms with Crippen molar-refractivity contribution in [2.45, 2.75) is 44.4 Å². The van der Waals surface area contributed by atoms with E-state index in [1.165, 1.54) is 6.07 Å². The predicted molar refractivity (Wildman–Crippen MR) is 66.0 cm³/mol. The lowest BCUT2D eigenvalue weighted by molar-refractivity contribution is 0.128. The molecular formula is C13H19FN2O. The van der Waals surface area contributed by atoms with E-state index in [0.29, 0.717) is 0 Å². The molecule has 0 unspecified atom stereocenters. The third kappa shape index (κ3) is 2.42. The largest absolute Gasteiger partial charge is 0.396 e. The van der Waals surface area contributed by atoms with Gasteiger partial charge in [0.2, 0.25) is 0 Å². The van der Waals surface area contributed by atoms with Crippen molar-refractivity contribution in [3.05, 3.63) is 29.6 Å². The van der Waals surface area contributed by atoms with Crippen LogP contribution >= 0.6 is 0 Å². The Morgan fingerprint density at radius 1 is 1.53 bits per heavy atom. The molecular weight excluding hydrogens is 219 g/mol. The second kappa shape index (κ2) is 4.27. The molecule has 1 aromatic rings. The Morgan fingerprint density at radius 3 is 2.82 bits per heavy atom. The van der Waals surface area contributed by atoms with Gasteiger partial charge >= 0.3 is 0 Å². The quantitative estimate of drug-likeness (QED) is 0.690. The Labute approximate surface area is 101 Å². The average Bonchev–Trinajstić information content (AvgIpc) is 2.62. The zero-order chi connectivity index (χ0) is 12.6. The summed E-state index contributed by atoms with van der Waals surface area (Å²) in [6.45, 7) is 4.16. The molecule has 1 aliphatic rings. The van der Waals surface area contributed by atoms with Crippen LogP contribution in [-0.2, 0) is 0 Å².